The minimum absolute atomic E-state index is 0.394. The Kier molecular flexibility index (Phi) is 6.72. The SMILES string of the molecule is COc1ccc(Cl)cc1NC(=O)Nc1ccc(-c2ccc(N3CCN(C)CC3)nn2)cc1. The first-order chi connectivity index (χ1) is 15.5. The van der Waals surface area contributed by atoms with E-state index in [0.29, 0.717) is 22.1 Å². The average molecular weight is 453 g/mol. The predicted molar refractivity (Wildman–Crippen MR) is 128 cm³/mol. The number of rotatable bonds is 5. The molecule has 2 heterocycles. The molecule has 4 rings (SSSR count). The third-order valence-electron chi connectivity index (χ3n) is 5.33. The molecule has 0 aliphatic carbocycles. The van der Waals surface area contributed by atoms with Crippen molar-refractivity contribution in [2.75, 3.05) is 55.9 Å². The van der Waals surface area contributed by atoms with Crippen LogP contribution in [0.3, 0.4) is 0 Å². The lowest BCUT2D eigenvalue weighted by atomic mass is 10.1. The van der Waals surface area contributed by atoms with Crippen LogP contribution in [-0.4, -0.2) is 61.5 Å². The first-order valence-electron chi connectivity index (χ1n) is 10.3. The molecule has 1 aliphatic rings. The Hall–Kier alpha value is -3.36. The summed E-state index contributed by atoms with van der Waals surface area (Å²) < 4.78 is 5.25. The van der Waals surface area contributed by atoms with Gasteiger partial charge in [0.25, 0.3) is 0 Å². The molecule has 0 radical (unpaired) electrons. The third kappa shape index (κ3) is 5.27. The zero-order chi connectivity index (χ0) is 22.5. The minimum Gasteiger partial charge on any atom is -0.495 e. The molecule has 1 aliphatic heterocycles. The van der Waals surface area contributed by atoms with Gasteiger partial charge in [0.15, 0.2) is 5.82 Å². The number of hydrogen-bond acceptors (Lipinski definition) is 6. The number of amides is 2. The number of benzene rings is 2. The second-order valence-electron chi connectivity index (χ2n) is 7.57. The third-order valence-corrected chi connectivity index (χ3v) is 5.56. The number of ether oxygens (including phenoxy) is 1. The van der Waals surface area contributed by atoms with Crippen molar-refractivity contribution in [3.63, 3.8) is 0 Å². The van der Waals surface area contributed by atoms with Crippen LogP contribution in [0.25, 0.3) is 11.3 Å². The number of carbonyl (C=O) groups is 1. The van der Waals surface area contributed by atoms with E-state index in [0.717, 1.165) is 43.3 Å². The molecular formula is C23H25ClN6O2. The Labute approximate surface area is 192 Å². The highest BCUT2D eigenvalue weighted by atomic mass is 35.5. The van der Waals surface area contributed by atoms with Crippen LogP contribution < -0.4 is 20.3 Å². The Morgan fingerprint density at radius 1 is 0.969 bits per heavy atom. The summed E-state index contributed by atoms with van der Waals surface area (Å²) in [5, 5.41) is 14.8. The molecule has 0 unspecified atom stereocenters. The van der Waals surface area contributed by atoms with Gasteiger partial charge in [-0.15, -0.1) is 10.2 Å². The molecule has 2 amide bonds. The van der Waals surface area contributed by atoms with Crippen LogP contribution in [0, 0.1) is 0 Å². The van der Waals surface area contributed by atoms with Gasteiger partial charge in [0, 0.05) is 42.5 Å². The Bertz CT molecular complexity index is 1070. The van der Waals surface area contributed by atoms with Gasteiger partial charge >= 0.3 is 6.03 Å². The predicted octanol–water partition coefficient (Wildman–Crippen LogP) is 4.20. The van der Waals surface area contributed by atoms with Crippen molar-refractivity contribution in [2.24, 2.45) is 0 Å². The standard InChI is InChI=1S/C23H25ClN6O2/c1-29-11-13-30(14-12-29)22-10-8-19(27-28-22)16-3-6-18(7-4-16)25-23(31)26-20-15-17(24)5-9-21(20)32-2/h3-10,15H,11-14H2,1-2H3,(H2,25,26,31). The van der Waals surface area contributed by atoms with Gasteiger partial charge in [0.2, 0.25) is 0 Å². The van der Waals surface area contributed by atoms with Crippen LogP contribution in [-0.2, 0) is 0 Å². The van der Waals surface area contributed by atoms with Crippen LogP contribution in [0.1, 0.15) is 0 Å². The lowest BCUT2D eigenvalue weighted by molar-refractivity contribution is 0.262. The molecule has 8 nitrogen and oxygen atoms in total. The van der Waals surface area contributed by atoms with E-state index >= 15 is 0 Å². The second kappa shape index (κ2) is 9.84. The number of methoxy groups -OCH3 is 1. The summed E-state index contributed by atoms with van der Waals surface area (Å²) >= 11 is 6.01. The molecule has 9 heteroatoms. The minimum atomic E-state index is -0.394. The van der Waals surface area contributed by atoms with Crippen molar-refractivity contribution in [1.82, 2.24) is 15.1 Å². The number of piperazine rings is 1. The number of anilines is 3. The van der Waals surface area contributed by atoms with Crippen LogP contribution >= 0.6 is 11.6 Å². The summed E-state index contributed by atoms with van der Waals surface area (Å²) in [5.41, 5.74) is 2.84. The molecule has 1 aromatic heterocycles. The van der Waals surface area contributed by atoms with Crippen molar-refractivity contribution >= 4 is 34.8 Å². The van der Waals surface area contributed by atoms with Crippen molar-refractivity contribution in [2.45, 2.75) is 0 Å². The van der Waals surface area contributed by atoms with Crippen LogP contribution in [0.15, 0.2) is 54.6 Å². The molecule has 0 atom stereocenters. The van der Waals surface area contributed by atoms with Gasteiger partial charge in [0.1, 0.15) is 5.75 Å². The lowest BCUT2D eigenvalue weighted by Gasteiger charge is -2.32. The number of urea groups is 1. The van der Waals surface area contributed by atoms with Gasteiger partial charge < -0.3 is 25.2 Å². The van der Waals surface area contributed by atoms with Crippen molar-refractivity contribution in [3.8, 4) is 17.0 Å². The van der Waals surface area contributed by atoms with Crippen LogP contribution in [0.4, 0.5) is 22.0 Å². The summed E-state index contributed by atoms with van der Waals surface area (Å²) in [7, 11) is 3.66. The molecule has 1 fully saturated rings. The number of nitrogens with zero attached hydrogens (tertiary/aromatic N) is 4. The summed E-state index contributed by atoms with van der Waals surface area (Å²) in [5.74, 6) is 1.42. The Balaban J connectivity index is 1.38. The first kappa shape index (κ1) is 21.9. The largest absolute Gasteiger partial charge is 0.495 e. The molecular weight excluding hydrogens is 428 g/mol. The highest BCUT2D eigenvalue weighted by molar-refractivity contribution is 6.31. The van der Waals surface area contributed by atoms with Crippen molar-refractivity contribution in [1.29, 1.82) is 0 Å². The lowest BCUT2D eigenvalue weighted by Crippen LogP contribution is -2.44. The van der Waals surface area contributed by atoms with Gasteiger partial charge in [-0.3, -0.25) is 0 Å². The number of carbonyl (C=O) groups excluding carboxylic acids is 1. The molecule has 0 spiro atoms. The summed E-state index contributed by atoms with van der Waals surface area (Å²) in [4.78, 5) is 16.9. The van der Waals surface area contributed by atoms with Crippen LogP contribution in [0.2, 0.25) is 5.02 Å². The molecule has 166 valence electrons. The topological polar surface area (TPSA) is 82.6 Å². The second-order valence-corrected chi connectivity index (χ2v) is 8.00. The fourth-order valence-electron chi connectivity index (χ4n) is 3.47. The van der Waals surface area contributed by atoms with Gasteiger partial charge in [-0.2, -0.15) is 0 Å². The van der Waals surface area contributed by atoms with E-state index in [4.69, 9.17) is 16.3 Å². The van der Waals surface area contributed by atoms with E-state index < -0.39 is 6.03 Å². The molecule has 3 aromatic rings. The van der Waals surface area contributed by atoms with Crippen molar-refractivity contribution in [3.05, 3.63) is 59.6 Å². The Morgan fingerprint density at radius 2 is 1.72 bits per heavy atom. The number of hydrogen-bond donors (Lipinski definition) is 2. The molecule has 32 heavy (non-hydrogen) atoms. The first-order valence-corrected chi connectivity index (χ1v) is 10.7. The molecule has 0 saturated carbocycles. The Morgan fingerprint density at radius 3 is 2.38 bits per heavy atom. The monoisotopic (exact) mass is 452 g/mol. The highest BCUT2D eigenvalue weighted by Crippen LogP contribution is 2.28. The summed E-state index contributed by atoms with van der Waals surface area (Å²) in [6.07, 6.45) is 0. The molecule has 1 saturated heterocycles. The number of aromatic nitrogens is 2. The molecule has 2 aromatic carbocycles. The van der Waals surface area contributed by atoms with E-state index in [1.807, 2.05) is 36.4 Å². The summed E-state index contributed by atoms with van der Waals surface area (Å²) in [6, 6.07) is 16.0. The van der Waals surface area contributed by atoms with Gasteiger partial charge in [-0.1, -0.05) is 23.7 Å². The van der Waals surface area contributed by atoms with E-state index in [1.54, 1.807) is 18.2 Å². The normalized spacial score (nSPS) is 14.2. The quantitative estimate of drug-likeness (QED) is 0.603. The maximum Gasteiger partial charge on any atom is 0.323 e. The van der Waals surface area contributed by atoms with Crippen LogP contribution in [0.5, 0.6) is 5.75 Å². The smallest absolute Gasteiger partial charge is 0.323 e. The zero-order valence-corrected chi connectivity index (χ0v) is 18.8. The number of nitrogens with one attached hydrogen (secondary N) is 2. The number of halogens is 1. The molecule has 0 bridgehead atoms. The number of likely N-dealkylation sites (N-methyl/N-ethyl adjacent to an activating group) is 1. The maximum absolute atomic E-state index is 12.4. The summed E-state index contributed by atoms with van der Waals surface area (Å²) in [6.45, 7) is 3.95. The van der Waals surface area contributed by atoms with Gasteiger partial charge in [0.05, 0.1) is 18.5 Å². The van der Waals surface area contributed by atoms with E-state index in [-0.39, 0.29) is 0 Å². The van der Waals surface area contributed by atoms with E-state index in [1.165, 1.54) is 7.11 Å². The van der Waals surface area contributed by atoms with Gasteiger partial charge in [-0.05, 0) is 49.5 Å². The highest BCUT2D eigenvalue weighted by Gasteiger charge is 2.16. The fourth-order valence-corrected chi connectivity index (χ4v) is 3.64. The fraction of sp³-hybridized carbons (Fsp3) is 0.261. The zero-order valence-electron chi connectivity index (χ0n) is 18.0. The average Bonchev–Trinajstić information content (AvgIpc) is 2.80. The van der Waals surface area contributed by atoms with Crippen molar-refractivity contribution < 1.29 is 9.53 Å². The van der Waals surface area contributed by atoms with Gasteiger partial charge in [-0.25, -0.2) is 4.79 Å². The maximum atomic E-state index is 12.4. The molecule has 2 N–H and O–H groups in total. The van der Waals surface area contributed by atoms with E-state index in [2.05, 4.69) is 37.7 Å². The van der Waals surface area contributed by atoms with E-state index in [9.17, 15) is 4.79 Å².